The number of likely N-dealkylation sites (tertiary alicyclic amines) is 1. The monoisotopic (exact) mass is 387 g/mol. The fraction of sp³-hybridized carbons (Fsp3) is 0.650. The Morgan fingerprint density at radius 3 is 3.14 bits per heavy atom. The fourth-order valence-corrected chi connectivity index (χ4v) is 4.06. The summed E-state index contributed by atoms with van der Waals surface area (Å²) in [5.74, 6) is 0.332. The predicted octanol–water partition coefficient (Wildman–Crippen LogP) is 1.16. The van der Waals surface area contributed by atoms with Crippen LogP contribution in [0.25, 0.3) is 11.0 Å². The fourth-order valence-electron chi connectivity index (χ4n) is 4.06. The standard InChI is InChI=1S/C20H29N5O3/c1-24-9-6-15(12-24)19-17-5-2-7-22-20(17)25(23-19)10-8-21-18(26)14-27-13-16-4-3-11-28-16/h2,5,7,15-16H,3-4,6,8-14H2,1H3,(H,21,26)/t15-,16-/m1/s1. The van der Waals surface area contributed by atoms with Gasteiger partial charge >= 0.3 is 0 Å². The molecule has 2 aliphatic rings. The molecule has 8 heteroatoms. The number of aromatic nitrogens is 3. The number of pyridine rings is 1. The molecule has 1 amide bonds. The molecule has 28 heavy (non-hydrogen) atoms. The van der Waals surface area contributed by atoms with E-state index in [-0.39, 0.29) is 18.6 Å². The Kier molecular flexibility index (Phi) is 6.19. The Morgan fingerprint density at radius 1 is 1.43 bits per heavy atom. The number of fused-ring (bicyclic) bond motifs is 1. The summed E-state index contributed by atoms with van der Waals surface area (Å²) in [6, 6.07) is 4.06. The maximum absolute atomic E-state index is 12.0. The molecule has 2 aromatic heterocycles. The number of nitrogens with one attached hydrogen (secondary N) is 1. The summed E-state index contributed by atoms with van der Waals surface area (Å²) in [5, 5.41) is 8.87. The Labute approximate surface area is 165 Å². The number of amides is 1. The first-order chi connectivity index (χ1) is 13.7. The van der Waals surface area contributed by atoms with E-state index in [1.807, 2.05) is 10.7 Å². The average Bonchev–Trinajstić information content (AvgIpc) is 3.43. The number of nitrogens with zero attached hydrogens (tertiary/aromatic N) is 4. The zero-order valence-corrected chi connectivity index (χ0v) is 16.5. The van der Waals surface area contributed by atoms with E-state index in [1.54, 1.807) is 6.20 Å². The average molecular weight is 387 g/mol. The molecule has 0 bridgehead atoms. The van der Waals surface area contributed by atoms with Crippen LogP contribution in [0, 0.1) is 0 Å². The zero-order chi connectivity index (χ0) is 19.3. The van der Waals surface area contributed by atoms with Gasteiger partial charge in [0.25, 0.3) is 0 Å². The molecule has 0 saturated carbocycles. The first kappa shape index (κ1) is 19.3. The van der Waals surface area contributed by atoms with Crippen molar-refractivity contribution >= 4 is 16.9 Å². The molecule has 0 radical (unpaired) electrons. The largest absolute Gasteiger partial charge is 0.376 e. The summed E-state index contributed by atoms with van der Waals surface area (Å²) in [6.07, 6.45) is 5.15. The molecule has 2 fully saturated rings. The van der Waals surface area contributed by atoms with Crippen LogP contribution in [0.4, 0.5) is 0 Å². The Balaban J connectivity index is 1.30. The quantitative estimate of drug-likeness (QED) is 0.732. The van der Waals surface area contributed by atoms with Crippen LogP contribution < -0.4 is 5.32 Å². The van der Waals surface area contributed by atoms with Crippen LogP contribution in [0.1, 0.15) is 30.9 Å². The summed E-state index contributed by atoms with van der Waals surface area (Å²) in [6.45, 7) is 4.57. The third-order valence-electron chi connectivity index (χ3n) is 5.52. The highest BCUT2D eigenvalue weighted by molar-refractivity contribution is 5.79. The number of hydrogen-bond acceptors (Lipinski definition) is 6. The van der Waals surface area contributed by atoms with Crippen LogP contribution >= 0.6 is 0 Å². The third kappa shape index (κ3) is 4.51. The minimum absolute atomic E-state index is 0.0671. The molecule has 4 heterocycles. The van der Waals surface area contributed by atoms with E-state index >= 15 is 0 Å². The van der Waals surface area contributed by atoms with Crippen molar-refractivity contribution in [3.63, 3.8) is 0 Å². The van der Waals surface area contributed by atoms with Gasteiger partial charge in [-0.15, -0.1) is 0 Å². The van der Waals surface area contributed by atoms with Crippen LogP contribution in [-0.4, -0.2) is 78.2 Å². The smallest absolute Gasteiger partial charge is 0.246 e. The lowest BCUT2D eigenvalue weighted by molar-refractivity contribution is -0.126. The van der Waals surface area contributed by atoms with Crippen molar-refractivity contribution in [1.82, 2.24) is 25.0 Å². The van der Waals surface area contributed by atoms with Gasteiger partial charge in [-0.2, -0.15) is 5.10 Å². The van der Waals surface area contributed by atoms with Crippen molar-refractivity contribution in [2.75, 3.05) is 46.5 Å². The molecule has 2 saturated heterocycles. The van der Waals surface area contributed by atoms with Crippen LogP contribution in [0.15, 0.2) is 18.3 Å². The molecule has 152 valence electrons. The lowest BCUT2D eigenvalue weighted by Gasteiger charge is -2.10. The normalized spacial score (nSPS) is 22.9. The molecule has 0 spiro atoms. The lowest BCUT2D eigenvalue weighted by Crippen LogP contribution is -2.31. The van der Waals surface area contributed by atoms with Gasteiger partial charge in [-0.05, 0) is 45.0 Å². The van der Waals surface area contributed by atoms with Crippen molar-refractivity contribution in [3.8, 4) is 0 Å². The van der Waals surface area contributed by atoms with Crippen molar-refractivity contribution in [3.05, 3.63) is 24.0 Å². The minimum Gasteiger partial charge on any atom is -0.376 e. The van der Waals surface area contributed by atoms with Gasteiger partial charge in [0.1, 0.15) is 6.61 Å². The zero-order valence-electron chi connectivity index (χ0n) is 16.5. The van der Waals surface area contributed by atoms with E-state index < -0.39 is 0 Å². The van der Waals surface area contributed by atoms with E-state index in [1.165, 1.54) is 0 Å². The van der Waals surface area contributed by atoms with E-state index in [4.69, 9.17) is 14.6 Å². The van der Waals surface area contributed by atoms with Crippen molar-refractivity contribution < 1.29 is 14.3 Å². The van der Waals surface area contributed by atoms with Crippen LogP contribution in [0.5, 0.6) is 0 Å². The molecule has 2 atom stereocenters. The Bertz CT molecular complexity index is 802. The molecule has 1 N–H and O–H groups in total. The molecule has 2 aromatic rings. The maximum Gasteiger partial charge on any atom is 0.246 e. The number of carbonyl (C=O) groups is 1. The van der Waals surface area contributed by atoms with Gasteiger partial charge in [-0.3, -0.25) is 4.79 Å². The number of likely N-dealkylation sites (N-methyl/N-ethyl adjacent to an activating group) is 1. The third-order valence-corrected chi connectivity index (χ3v) is 5.52. The second-order valence-corrected chi connectivity index (χ2v) is 7.73. The van der Waals surface area contributed by atoms with E-state index in [2.05, 4.69) is 28.3 Å². The first-order valence-corrected chi connectivity index (χ1v) is 10.2. The maximum atomic E-state index is 12.0. The lowest BCUT2D eigenvalue weighted by atomic mass is 10.0. The SMILES string of the molecule is CN1CC[C@@H](c2nn(CCNC(=O)COC[C@H]3CCCO3)c3ncccc23)C1. The first-order valence-electron chi connectivity index (χ1n) is 10.2. The van der Waals surface area contributed by atoms with Crippen molar-refractivity contribution in [1.29, 1.82) is 0 Å². The number of carbonyl (C=O) groups excluding carboxylic acids is 1. The molecule has 0 aromatic carbocycles. The summed E-state index contributed by atoms with van der Waals surface area (Å²) in [4.78, 5) is 18.8. The van der Waals surface area contributed by atoms with Crippen LogP contribution in [0.3, 0.4) is 0 Å². The molecule has 2 aliphatic heterocycles. The molecule has 8 nitrogen and oxygen atoms in total. The minimum atomic E-state index is -0.111. The van der Waals surface area contributed by atoms with Gasteiger partial charge in [-0.25, -0.2) is 9.67 Å². The Morgan fingerprint density at radius 2 is 2.36 bits per heavy atom. The number of rotatable bonds is 8. The molecular formula is C20H29N5O3. The second kappa shape index (κ2) is 8.98. The van der Waals surface area contributed by atoms with Gasteiger partial charge in [0.05, 0.1) is 24.9 Å². The number of hydrogen-bond donors (Lipinski definition) is 1. The van der Waals surface area contributed by atoms with Gasteiger partial charge in [0, 0.05) is 37.2 Å². The van der Waals surface area contributed by atoms with Gasteiger partial charge in [0.15, 0.2) is 5.65 Å². The van der Waals surface area contributed by atoms with Gasteiger partial charge in [0.2, 0.25) is 5.91 Å². The van der Waals surface area contributed by atoms with E-state index in [9.17, 15) is 4.79 Å². The van der Waals surface area contributed by atoms with E-state index in [0.717, 1.165) is 55.7 Å². The molecule has 0 aliphatic carbocycles. The summed E-state index contributed by atoms with van der Waals surface area (Å²) in [7, 11) is 2.15. The van der Waals surface area contributed by atoms with Gasteiger partial charge < -0.3 is 19.7 Å². The van der Waals surface area contributed by atoms with Crippen LogP contribution in [-0.2, 0) is 20.8 Å². The second-order valence-electron chi connectivity index (χ2n) is 7.73. The van der Waals surface area contributed by atoms with Crippen LogP contribution in [0.2, 0.25) is 0 Å². The van der Waals surface area contributed by atoms with Crippen molar-refractivity contribution in [2.45, 2.75) is 37.8 Å². The highest BCUT2D eigenvalue weighted by Crippen LogP contribution is 2.30. The van der Waals surface area contributed by atoms with Gasteiger partial charge in [-0.1, -0.05) is 0 Å². The highest BCUT2D eigenvalue weighted by atomic mass is 16.5. The summed E-state index contributed by atoms with van der Waals surface area (Å²) in [5.41, 5.74) is 2.01. The molecule has 4 rings (SSSR count). The predicted molar refractivity (Wildman–Crippen MR) is 105 cm³/mol. The Hall–Kier alpha value is -2.03. The molecular weight excluding hydrogens is 358 g/mol. The highest BCUT2D eigenvalue weighted by Gasteiger charge is 2.26. The number of ether oxygens (including phenoxy) is 2. The van der Waals surface area contributed by atoms with Crippen molar-refractivity contribution in [2.24, 2.45) is 0 Å². The van der Waals surface area contributed by atoms with E-state index in [0.29, 0.717) is 25.6 Å². The topological polar surface area (TPSA) is 81.5 Å². The molecule has 0 unspecified atom stereocenters. The summed E-state index contributed by atoms with van der Waals surface area (Å²) < 4.78 is 12.9. The summed E-state index contributed by atoms with van der Waals surface area (Å²) >= 11 is 0.